The number of amides is 1. The standard InChI is InChI=1S/C25H25N5O3/c31-23-9-8-22(28-30(23)15-16-33-19-5-2-1-3-6-19)25(32)29-13-10-18(11-14-29)21-17-27-24-20(21)7-4-12-26-24/h1-9,12,17-18H,10-11,13-16H2,(H,26,27). The topological polar surface area (TPSA) is 93.1 Å². The Kier molecular flexibility index (Phi) is 5.89. The van der Waals surface area contributed by atoms with Gasteiger partial charge in [-0.3, -0.25) is 9.59 Å². The van der Waals surface area contributed by atoms with Crippen LogP contribution in [0.5, 0.6) is 5.75 Å². The number of H-pyrrole nitrogens is 1. The molecule has 0 radical (unpaired) electrons. The molecule has 4 heterocycles. The zero-order valence-corrected chi connectivity index (χ0v) is 18.2. The minimum atomic E-state index is -0.255. The van der Waals surface area contributed by atoms with E-state index >= 15 is 0 Å². The van der Waals surface area contributed by atoms with Gasteiger partial charge in [0.05, 0.1) is 6.54 Å². The van der Waals surface area contributed by atoms with Crippen molar-refractivity contribution in [3.63, 3.8) is 0 Å². The summed E-state index contributed by atoms with van der Waals surface area (Å²) >= 11 is 0. The van der Waals surface area contributed by atoms with Crippen LogP contribution < -0.4 is 10.3 Å². The van der Waals surface area contributed by atoms with Crippen molar-refractivity contribution in [1.82, 2.24) is 24.6 Å². The van der Waals surface area contributed by atoms with Gasteiger partial charge in [-0.15, -0.1) is 0 Å². The second kappa shape index (κ2) is 9.28. The van der Waals surface area contributed by atoms with Gasteiger partial charge >= 0.3 is 0 Å². The Morgan fingerprint density at radius 1 is 1.06 bits per heavy atom. The molecule has 1 aliphatic rings. The summed E-state index contributed by atoms with van der Waals surface area (Å²) in [6.07, 6.45) is 5.56. The van der Waals surface area contributed by atoms with E-state index in [9.17, 15) is 9.59 Å². The fourth-order valence-electron chi connectivity index (χ4n) is 4.36. The minimum Gasteiger partial charge on any atom is -0.492 e. The van der Waals surface area contributed by atoms with Gasteiger partial charge in [0.2, 0.25) is 0 Å². The Labute approximate surface area is 190 Å². The zero-order valence-electron chi connectivity index (χ0n) is 18.2. The maximum absolute atomic E-state index is 13.1. The molecule has 1 aliphatic heterocycles. The average Bonchev–Trinajstić information content (AvgIpc) is 3.30. The molecular formula is C25H25N5O3. The number of hydrogen-bond donors (Lipinski definition) is 1. The highest BCUT2D eigenvalue weighted by atomic mass is 16.5. The van der Waals surface area contributed by atoms with Gasteiger partial charge in [0.25, 0.3) is 11.5 Å². The average molecular weight is 444 g/mol. The van der Waals surface area contributed by atoms with E-state index in [-0.39, 0.29) is 23.7 Å². The van der Waals surface area contributed by atoms with Gasteiger partial charge in [0, 0.05) is 36.9 Å². The normalized spacial score (nSPS) is 14.5. The van der Waals surface area contributed by atoms with E-state index in [0.29, 0.717) is 25.6 Å². The molecule has 8 heteroatoms. The van der Waals surface area contributed by atoms with E-state index in [1.54, 1.807) is 6.20 Å². The maximum atomic E-state index is 13.1. The van der Waals surface area contributed by atoms with Crippen LogP contribution in [0.1, 0.15) is 34.8 Å². The molecule has 0 aliphatic carbocycles. The van der Waals surface area contributed by atoms with E-state index in [0.717, 1.165) is 29.6 Å². The van der Waals surface area contributed by atoms with Gasteiger partial charge < -0.3 is 14.6 Å². The number of nitrogens with zero attached hydrogens (tertiary/aromatic N) is 4. The number of ether oxygens (including phenoxy) is 1. The summed E-state index contributed by atoms with van der Waals surface area (Å²) in [4.78, 5) is 34.7. The van der Waals surface area contributed by atoms with Crippen LogP contribution in [-0.4, -0.2) is 50.3 Å². The lowest BCUT2D eigenvalue weighted by molar-refractivity contribution is 0.0704. The van der Waals surface area contributed by atoms with Crippen LogP contribution in [-0.2, 0) is 6.54 Å². The molecule has 1 fully saturated rings. The van der Waals surface area contributed by atoms with E-state index in [1.807, 2.05) is 47.5 Å². The van der Waals surface area contributed by atoms with Crippen LogP contribution >= 0.6 is 0 Å². The predicted molar refractivity (Wildman–Crippen MR) is 124 cm³/mol. The molecule has 0 bridgehead atoms. The van der Waals surface area contributed by atoms with E-state index < -0.39 is 0 Å². The first-order valence-electron chi connectivity index (χ1n) is 11.2. The fourth-order valence-corrected chi connectivity index (χ4v) is 4.36. The Hall–Kier alpha value is -3.94. The number of benzene rings is 1. The molecule has 168 valence electrons. The largest absolute Gasteiger partial charge is 0.492 e. The van der Waals surface area contributed by atoms with Crippen molar-refractivity contribution >= 4 is 16.9 Å². The number of likely N-dealkylation sites (tertiary alicyclic amines) is 1. The summed E-state index contributed by atoms with van der Waals surface area (Å²) in [5.74, 6) is 0.961. The first kappa shape index (κ1) is 20.9. The number of nitrogens with one attached hydrogen (secondary N) is 1. The van der Waals surface area contributed by atoms with Crippen molar-refractivity contribution in [3.05, 3.63) is 88.6 Å². The van der Waals surface area contributed by atoms with Crippen molar-refractivity contribution in [2.24, 2.45) is 0 Å². The van der Waals surface area contributed by atoms with Gasteiger partial charge in [0.15, 0.2) is 0 Å². The highest BCUT2D eigenvalue weighted by molar-refractivity contribution is 5.92. The molecule has 0 spiro atoms. The molecule has 3 aromatic heterocycles. The summed E-state index contributed by atoms with van der Waals surface area (Å²) in [5.41, 5.74) is 2.18. The van der Waals surface area contributed by atoms with Crippen LogP contribution in [0.25, 0.3) is 11.0 Å². The van der Waals surface area contributed by atoms with Crippen molar-refractivity contribution in [2.45, 2.75) is 25.3 Å². The lowest BCUT2D eigenvalue weighted by atomic mass is 9.89. The molecule has 1 amide bonds. The third kappa shape index (κ3) is 4.50. The molecule has 33 heavy (non-hydrogen) atoms. The van der Waals surface area contributed by atoms with Gasteiger partial charge in [-0.25, -0.2) is 9.67 Å². The summed E-state index contributed by atoms with van der Waals surface area (Å²) in [7, 11) is 0. The number of pyridine rings is 1. The predicted octanol–water partition coefficient (Wildman–Crippen LogP) is 3.22. The minimum absolute atomic E-state index is 0.147. The van der Waals surface area contributed by atoms with Crippen molar-refractivity contribution in [1.29, 1.82) is 0 Å². The third-order valence-electron chi connectivity index (χ3n) is 6.11. The third-order valence-corrected chi connectivity index (χ3v) is 6.11. The van der Waals surface area contributed by atoms with Crippen LogP contribution in [0.15, 0.2) is 71.8 Å². The summed E-state index contributed by atoms with van der Waals surface area (Å²) in [6.45, 7) is 1.85. The SMILES string of the molecule is O=C(c1ccc(=O)n(CCOc2ccccc2)n1)N1CCC(c2c[nH]c3ncccc23)CC1. The molecule has 0 unspecified atom stereocenters. The zero-order chi connectivity index (χ0) is 22.6. The highest BCUT2D eigenvalue weighted by Gasteiger charge is 2.27. The lowest BCUT2D eigenvalue weighted by Gasteiger charge is -2.31. The molecule has 8 nitrogen and oxygen atoms in total. The van der Waals surface area contributed by atoms with Crippen LogP contribution in [0, 0.1) is 0 Å². The number of rotatable bonds is 6. The maximum Gasteiger partial charge on any atom is 0.274 e. The number of piperidine rings is 1. The second-order valence-corrected chi connectivity index (χ2v) is 8.15. The Bertz CT molecular complexity index is 1310. The number of carbonyl (C=O) groups is 1. The number of aromatic nitrogens is 4. The first-order valence-corrected chi connectivity index (χ1v) is 11.2. The molecule has 1 saturated heterocycles. The summed E-state index contributed by atoms with van der Waals surface area (Å²) in [5, 5.41) is 5.46. The highest BCUT2D eigenvalue weighted by Crippen LogP contribution is 2.32. The van der Waals surface area contributed by atoms with E-state index in [2.05, 4.69) is 21.1 Å². The van der Waals surface area contributed by atoms with Gasteiger partial charge in [0.1, 0.15) is 23.7 Å². The molecule has 5 rings (SSSR count). The molecule has 0 saturated carbocycles. The van der Waals surface area contributed by atoms with Crippen molar-refractivity contribution < 1.29 is 9.53 Å². The van der Waals surface area contributed by atoms with Crippen LogP contribution in [0.3, 0.4) is 0 Å². The second-order valence-electron chi connectivity index (χ2n) is 8.15. The van der Waals surface area contributed by atoms with Gasteiger partial charge in [-0.2, -0.15) is 5.10 Å². The number of carbonyl (C=O) groups excluding carboxylic acids is 1. The Morgan fingerprint density at radius 2 is 1.88 bits per heavy atom. The van der Waals surface area contributed by atoms with Crippen molar-refractivity contribution in [3.8, 4) is 5.75 Å². The van der Waals surface area contributed by atoms with E-state index in [4.69, 9.17) is 4.74 Å². The smallest absolute Gasteiger partial charge is 0.274 e. The summed E-state index contributed by atoms with van der Waals surface area (Å²) < 4.78 is 6.95. The van der Waals surface area contributed by atoms with E-state index in [1.165, 1.54) is 22.4 Å². The number of aromatic amines is 1. The van der Waals surface area contributed by atoms with Crippen molar-refractivity contribution in [2.75, 3.05) is 19.7 Å². The molecular weight excluding hydrogens is 418 g/mol. The van der Waals surface area contributed by atoms with Crippen LogP contribution in [0.2, 0.25) is 0 Å². The summed E-state index contributed by atoms with van der Waals surface area (Å²) in [6, 6.07) is 16.3. The molecule has 4 aromatic rings. The number of fused-ring (bicyclic) bond motifs is 1. The number of hydrogen-bond acceptors (Lipinski definition) is 5. The van der Waals surface area contributed by atoms with Gasteiger partial charge in [-0.1, -0.05) is 18.2 Å². The monoisotopic (exact) mass is 443 g/mol. The fraction of sp³-hybridized carbons (Fsp3) is 0.280. The quantitative estimate of drug-likeness (QED) is 0.494. The van der Waals surface area contributed by atoms with Gasteiger partial charge in [-0.05, 0) is 54.7 Å². The number of para-hydroxylation sites is 1. The van der Waals surface area contributed by atoms with Crippen LogP contribution in [0.4, 0.5) is 0 Å². The molecule has 0 atom stereocenters. The Morgan fingerprint density at radius 3 is 2.70 bits per heavy atom. The molecule has 1 N–H and O–H groups in total. The first-order chi connectivity index (χ1) is 16.2. The Balaban J connectivity index is 1.22. The molecule has 1 aromatic carbocycles. The lowest BCUT2D eigenvalue weighted by Crippen LogP contribution is -2.39.